The molecule has 0 bridgehead atoms. The Hall–Kier alpha value is 0.140. The lowest BCUT2D eigenvalue weighted by atomic mass is 10.1. The molecule has 13 heavy (non-hydrogen) atoms. The maximum absolute atomic E-state index is 11.4. The van der Waals surface area contributed by atoms with Crippen molar-refractivity contribution < 1.29 is 4.79 Å². The zero-order valence-electron chi connectivity index (χ0n) is 6.96. The predicted octanol–water partition coefficient (Wildman–Crippen LogP) is 3.88. The van der Waals surface area contributed by atoms with Crippen LogP contribution in [0.25, 0.3) is 0 Å². The van der Waals surface area contributed by atoms with Gasteiger partial charge in [-0.25, -0.2) is 0 Å². The first-order chi connectivity index (χ1) is 5.61. The number of hydrogen-bond donors (Lipinski definition) is 0. The van der Waals surface area contributed by atoms with Gasteiger partial charge < -0.3 is 0 Å². The van der Waals surface area contributed by atoms with Crippen molar-refractivity contribution in [3.05, 3.63) is 34.9 Å². The van der Waals surface area contributed by atoms with Crippen LogP contribution >= 0.6 is 44.5 Å². The molecule has 0 saturated heterocycles. The zero-order valence-corrected chi connectivity index (χ0v) is 11.0. The predicted molar refractivity (Wildman–Crippen MR) is 64.5 cm³/mol. The number of Topliss-reactive ketones (excluding diaryl/α,β-unsaturated/α-hetero) is 1. The lowest BCUT2D eigenvalue weighted by Crippen LogP contribution is -2.09. The summed E-state index contributed by atoms with van der Waals surface area (Å²) in [5.41, 5.74) is 0.645. The summed E-state index contributed by atoms with van der Waals surface area (Å²) in [4.78, 5) is 11.2. The summed E-state index contributed by atoms with van der Waals surface area (Å²) in [6.07, 6.45) is 0. The molecule has 72 valence electrons. The van der Waals surface area contributed by atoms with Crippen molar-refractivity contribution in [2.24, 2.45) is 0 Å². The van der Waals surface area contributed by atoms with Crippen LogP contribution in [-0.2, 0) is 0 Å². The monoisotopic (exact) mass is 326 g/mol. The molecule has 0 amide bonds. The molecule has 0 fully saturated rings. The van der Waals surface area contributed by atoms with Crippen LogP contribution in [0, 0.1) is 0 Å². The highest BCUT2D eigenvalue weighted by atomic mass is 79.9. The minimum absolute atomic E-state index is 0. The number of alkyl halides is 1. The van der Waals surface area contributed by atoms with Crippen LogP contribution in [0.2, 0.25) is 5.02 Å². The van der Waals surface area contributed by atoms with Crippen molar-refractivity contribution in [1.29, 1.82) is 0 Å². The lowest BCUT2D eigenvalue weighted by Gasteiger charge is -2.01. The Labute approximate surface area is 101 Å². The van der Waals surface area contributed by atoms with Gasteiger partial charge in [-0.05, 0) is 19.1 Å². The second-order valence-corrected chi connectivity index (χ2v) is 4.30. The second-order valence-electron chi connectivity index (χ2n) is 2.49. The van der Waals surface area contributed by atoms with Gasteiger partial charge >= 0.3 is 0 Å². The van der Waals surface area contributed by atoms with Gasteiger partial charge in [0.25, 0.3) is 0 Å². The third kappa shape index (κ3) is 3.79. The molecule has 1 atom stereocenters. The van der Waals surface area contributed by atoms with Crippen LogP contribution in [-0.4, -0.2) is 10.6 Å². The van der Waals surface area contributed by atoms with Gasteiger partial charge in [-0.15, -0.1) is 17.0 Å². The number of carbonyl (C=O) groups is 1. The van der Waals surface area contributed by atoms with Crippen LogP contribution in [0.1, 0.15) is 17.3 Å². The Morgan fingerprint density at radius 1 is 1.54 bits per heavy atom. The maximum Gasteiger partial charge on any atom is 0.176 e. The normalized spacial score (nSPS) is 11.6. The average molecular weight is 328 g/mol. The van der Waals surface area contributed by atoms with Crippen LogP contribution in [0.4, 0.5) is 0 Å². The van der Waals surface area contributed by atoms with E-state index < -0.39 is 0 Å². The highest BCUT2D eigenvalue weighted by molar-refractivity contribution is 9.10. The van der Waals surface area contributed by atoms with E-state index in [1.54, 1.807) is 31.2 Å². The summed E-state index contributed by atoms with van der Waals surface area (Å²) in [5, 5.41) is 0.592. The van der Waals surface area contributed by atoms with Crippen LogP contribution in [0.5, 0.6) is 0 Å². The van der Waals surface area contributed by atoms with Crippen LogP contribution < -0.4 is 0 Å². The molecule has 1 aromatic rings. The molecule has 0 aromatic heterocycles. The van der Waals surface area contributed by atoms with E-state index in [1.807, 2.05) is 0 Å². The van der Waals surface area contributed by atoms with Crippen molar-refractivity contribution in [2.75, 3.05) is 0 Å². The molecular formula is C9H9Br2ClO. The molecule has 0 aliphatic heterocycles. The highest BCUT2D eigenvalue weighted by Gasteiger charge is 2.11. The minimum Gasteiger partial charge on any atom is -0.293 e. The average Bonchev–Trinajstić information content (AvgIpc) is 2.03. The Bertz CT molecular complexity index is 299. The molecular weight excluding hydrogens is 319 g/mol. The summed E-state index contributed by atoms with van der Waals surface area (Å²) < 4.78 is 0. The first-order valence-corrected chi connectivity index (χ1v) is 4.84. The van der Waals surface area contributed by atoms with E-state index in [-0.39, 0.29) is 27.6 Å². The second kappa shape index (κ2) is 5.78. The Kier molecular flexibility index (Phi) is 5.85. The SMILES string of the molecule is Br.CC(Br)C(=O)c1cccc(Cl)c1. The number of halogens is 3. The Morgan fingerprint density at radius 2 is 2.15 bits per heavy atom. The smallest absolute Gasteiger partial charge is 0.176 e. The molecule has 1 nitrogen and oxygen atoms in total. The largest absolute Gasteiger partial charge is 0.293 e. The van der Waals surface area contributed by atoms with Gasteiger partial charge in [0.2, 0.25) is 0 Å². The molecule has 1 rings (SSSR count). The van der Waals surface area contributed by atoms with Gasteiger partial charge in [0.1, 0.15) is 0 Å². The van der Waals surface area contributed by atoms with Crippen LogP contribution in [0.15, 0.2) is 24.3 Å². The molecule has 0 radical (unpaired) electrons. The Morgan fingerprint density at radius 3 is 2.62 bits per heavy atom. The van der Waals surface area contributed by atoms with E-state index >= 15 is 0 Å². The first-order valence-electron chi connectivity index (χ1n) is 3.55. The molecule has 4 heteroatoms. The van der Waals surface area contributed by atoms with E-state index in [4.69, 9.17) is 11.6 Å². The quantitative estimate of drug-likeness (QED) is 0.595. The molecule has 1 aromatic carbocycles. The fraction of sp³-hybridized carbons (Fsp3) is 0.222. The van der Waals surface area contributed by atoms with E-state index in [2.05, 4.69) is 15.9 Å². The topological polar surface area (TPSA) is 17.1 Å². The molecule has 0 aliphatic rings. The standard InChI is InChI=1S/C9H8BrClO.BrH/c1-6(10)9(12)7-3-2-4-8(11)5-7;/h2-6H,1H3;1H. The van der Waals surface area contributed by atoms with Gasteiger partial charge in [0.15, 0.2) is 5.78 Å². The first kappa shape index (κ1) is 13.1. The van der Waals surface area contributed by atoms with E-state index in [9.17, 15) is 4.79 Å². The van der Waals surface area contributed by atoms with Gasteiger partial charge in [0, 0.05) is 10.6 Å². The molecule has 0 spiro atoms. The van der Waals surface area contributed by atoms with E-state index in [0.29, 0.717) is 10.6 Å². The van der Waals surface area contributed by atoms with Crippen molar-refractivity contribution >= 4 is 50.3 Å². The molecule has 0 heterocycles. The van der Waals surface area contributed by atoms with E-state index in [0.717, 1.165) is 0 Å². The summed E-state index contributed by atoms with van der Waals surface area (Å²) in [6, 6.07) is 6.94. The fourth-order valence-electron chi connectivity index (χ4n) is 0.871. The Balaban J connectivity index is 0.00000144. The van der Waals surface area contributed by atoms with Gasteiger partial charge in [0.05, 0.1) is 4.83 Å². The van der Waals surface area contributed by atoms with Crippen LogP contribution in [0.3, 0.4) is 0 Å². The van der Waals surface area contributed by atoms with Crippen molar-refractivity contribution in [2.45, 2.75) is 11.8 Å². The van der Waals surface area contributed by atoms with Gasteiger partial charge in [-0.3, -0.25) is 4.79 Å². The number of ketones is 1. The highest BCUT2D eigenvalue weighted by Crippen LogP contribution is 2.14. The molecule has 0 saturated carbocycles. The third-order valence-corrected chi connectivity index (χ3v) is 2.12. The number of benzene rings is 1. The third-order valence-electron chi connectivity index (χ3n) is 1.47. The summed E-state index contributed by atoms with van der Waals surface area (Å²) in [7, 11) is 0. The molecule has 0 N–H and O–H groups in total. The summed E-state index contributed by atoms with van der Waals surface area (Å²) in [5.74, 6) is 0.0532. The van der Waals surface area contributed by atoms with Gasteiger partial charge in [-0.1, -0.05) is 39.7 Å². The minimum atomic E-state index is -0.157. The lowest BCUT2D eigenvalue weighted by molar-refractivity contribution is 0.0996. The zero-order chi connectivity index (χ0) is 9.14. The summed E-state index contributed by atoms with van der Waals surface area (Å²) in [6.45, 7) is 1.79. The van der Waals surface area contributed by atoms with Gasteiger partial charge in [-0.2, -0.15) is 0 Å². The van der Waals surface area contributed by atoms with Crippen molar-refractivity contribution in [3.63, 3.8) is 0 Å². The van der Waals surface area contributed by atoms with Crippen molar-refractivity contribution in [3.8, 4) is 0 Å². The molecule has 1 unspecified atom stereocenters. The number of hydrogen-bond acceptors (Lipinski definition) is 1. The molecule has 0 aliphatic carbocycles. The van der Waals surface area contributed by atoms with Crippen molar-refractivity contribution in [1.82, 2.24) is 0 Å². The van der Waals surface area contributed by atoms with E-state index in [1.165, 1.54) is 0 Å². The number of carbonyl (C=O) groups excluding carboxylic acids is 1. The number of rotatable bonds is 2. The summed E-state index contributed by atoms with van der Waals surface area (Å²) >= 11 is 8.93. The fourth-order valence-corrected chi connectivity index (χ4v) is 1.33. The maximum atomic E-state index is 11.4.